The molecule has 3 saturated heterocycles. The van der Waals surface area contributed by atoms with Gasteiger partial charge in [-0.3, -0.25) is 9.69 Å². The zero-order valence-corrected chi connectivity index (χ0v) is 16.1. The average molecular weight is 370 g/mol. The molecule has 2 N–H and O–H groups in total. The van der Waals surface area contributed by atoms with Crippen molar-refractivity contribution in [3.63, 3.8) is 0 Å². The second-order valence-electron chi connectivity index (χ2n) is 8.30. The molecule has 0 spiro atoms. The van der Waals surface area contributed by atoms with Gasteiger partial charge in [-0.15, -0.1) is 0 Å². The Hall–Kier alpha value is -1.92. The summed E-state index contributed by atoms with van der Waals surface area (Å²) in [4.78, 5) is 30.5. The number of piperidine rings is 2. The number of carbonyl (C=O) groups is 2. The lowest BCUT2D eigenvalue weighted by molar-refractivity contribution is -0.135. The molecule has 0 aliphatic carbocycles. The van der Waals surface area contributed by atoms with E-state index in [-0.39, 0.29) is 23.9 Å². The Labute approximate surface area is 161 Å². The summed E-state index contributed by atoms with van der Waals surface area (Å²) in [5, 5.41) is 6.57. The highest BCUT2D eigenvalue weighted by molar-refractivity contribution is 6.07. The monoisotopic (exact) mass is 370 g/mol. The Bertz CT molecular complexity index is 681. The van der Waals surface area contributed by atoms with Gasteiger partial charge >= 0.3 is 6.03 Å². The van der Waals surface area contributed by atoms with Crippen LogP contribution < -0.4 is 10.6 Å². The molecular formula is C21H30N4O2. The molecule has 3 fully saturated rings. The number of hydrogen-bond acceptors (Lipinski definition) is 4. The molecule has 3 aliphatic rings. The fourth-order valence-electron chi connectivity index (χ4n) is 4.97. The third kappa shape index (κ3) is 3.48. The SMILES string of the molecule is CN1CCC(N2C(=O)N[C@](Cc3ccccc3)(C3CCNCC3)C2=O)CC1. The van der Waals surface area contributed by atoms with E-state index in [0.717, 1.165) is 57.4 Å². The zero-order chi connectivity index (χ0) is 18.9. The van der Waals surface area contributed by atoms with Crippen LogP contribution in [0.3, 0.4) is 0 Å². The van der Waals surface area contributed by atoms with Gasteiger partial charge in [-0.1, -0.05) is 30.3 Å². The van der Waals surface area contributed by atoms with Crippen LogP contribution in [0.15, 0.2) is 30.3 Å². The maximum atomic E-state index is 13.7. The minimum Gasteiger partial charge on any atom is -0.322 e. The molecule has 4 rings (SSSR count). The Morgan fingerprint density at radius 1 is 1.04 bits per heavy atom. The van der Waals surface area contributed by atoms with Crippen LogP contribution in [0.25, 0.3) is 0 Å². The molecule has 0 radical (unpaired) electrons. The van der Waals surface area contributed by atoms with E-state index in [2.05, 4.69) is 34.7 Å². The summed E-state index contributed by atoms with van der Waals surface area (Å²) in [7, 11) is 2.09. The first-order valence-electron chi connectivity index (χ1n) is 10.2. The molecule has 0 unspecified atom stereocenters. The van der Waals surface area contributed by atoms with Crippen molar-refractivity contribution in [1.82, 2.24) is 20.4 Å². The lowest BCUT2D eigenvalue weighted by Crippen LogP contribution is -2.58. The van der Waals surface area contributed by atoms with Gasteiger partial charge in [0, 0.05) is 12.5 Å². The molecule has 3 amide bonds. The second kappa shape index (κ2) is 7.60. The van der Waals surface area contributed by atoms with E-state index >= 15 is 0 Å². The number of imide groups is 1. The van der Waals surface area contributed by atoms with Crippen molar-refractivity contribution in [3.8, 4) is 0 Å². The van der Waals surface area contributed by atoms with Crippen molar-refractivity contribution in [2.24, 2.45) is 5.92 Å². The quantitative estimate of drug-likeness (QED) is 0.791. The molecule has 1 aromatic rings. The number of amides is 3. The number of nitrogens with zero attached hydrogens (tertiary/aromatic N) is 2. The summed E-state index contributed by atoms with van der Waals surface area (Å²) in [5.41, 5.74) is 0.305. The lowest BCUT2D eigenvalue weighted by Gasteiger charge is -2.39. The molecule has 27 heavy (non-hydrogen) atoms. The molecule has 146 valence electrons. The number of carbonyl (C=O) groups excluding carboxylic acids is 2. The highest BCUT2D eigenvalue weighted by Gasteiger charge is 2.57. The molecule has 6 nitrogen and oxygen atoms in total. The molecule has 1 atom stereocenters. The fourth-order valence-corrected chi connectivity index (χ4v) is 4.97. The van der Waals surface area contributed by atoms with E-state index in [4.69, 9.17) is 0 Å². The number of likely N-dealkylation sites (tertiary alicyclic amines) is 1. The van der Waals surface area contributed by atoms with Gasteiger partial charge in [-0.25, -0.2) is 4.79 Å². The standard InChI is InChI=1S/C21H30N4O2/c1-24-13-9-18(10-14-24)25-19(26)21(23-20(25)27,17-7-11-22-12-8-17)15-16-5-3-2-4-6-16/h2-6,17-18,22H,7-15H2,1H3,(H,23,27)/t21-/m1/s1. The topological polar surface area (TPSA) is 64.7 Å². The van der Waals surface area contributed by atoms with Crippen LogP contribution in [-0.2, 0) is 11.2 Å². The van der Waals surface area contributed by atoms with E-state index in [9.17, 15) is 9.59 Å². The van der Waals surface area contributed by atoms with Crippen molar-refractivity contribution >= 4 is 11.9 Å². The maximum Gasteiger partial charge on any atom is 0.325 e. The highest BCUT2D eigenvalue weighted by atomic mass is 16.2. The van der Waals surface area contributed by atoms with E-state index in [1.807, 2.05) is 18.2 Å². The number of benzene rings is 1. The van der Waals surface area contributed by atoms with Gasteiger partial charge in [-0.05, 0) is 70.4 Å². The first kappa shape index (κ1) is 18.4. The summed E-state index contributed by atoms with van der Waals surface area (Å²) >= 11 is 0. The predicted molar refractivity (Wildman–Crippen MR) is 104 cm³/mol. The molecule has 0 bridgehead atoms. The third-order valence-corrected chi connectivity index (χ3v) is 6.56. The van der Waals surface area contributed by atoms with Crippen molar-refractivity contribution in [1.29, 1.82) is 0 Å². The van der Waals surface area contributed by atoms with Gasteiger partial charge in [-0.2, -0.15) is 0 Å². The summed E-state index contributed by atoms with van der Waals surface area (Å²) in [6.45, 7) is 3.67. The molecule has 1 aromatic carbocycles. The normalized spacial score (nSPS) is 28.6. The molecule has 3 heterocycles. The molecule has 0 aromatic heterocycles. The van der Waals surface area contributed by atoms with E-state index in [1.54, 1.807) is 4.90 Å². The Balaban J connectivity index is 1.63. The number of hydrogen-bond donors (Lipinski definition) is 2. The number of rotatable bonds is 4. The predicted octanol–water partition coefficient (Wildman–Crippen LogP) is 1.61. The van der Waals surface area contributed by atoms with Crippen LogP contribution in [0.1, 0.15) is 31.2 Å². The lowest BCUT2D eigenvalue weighted by atomic mass is 9.74. The van der Waals surface area contributed by atoms with Gasteiger partial charge in [0.05, 0.1) is 0 Å². The Morgan fingerprint density at radius 3 is 2.37 bits per heavy atom. The van der Waals surface area contributed by atoms with Crippen molar-refractivity contribution < 1.29 is 9.59 Å². The van der Waals surface area contributed by atoms with Gasteiger partial charge in [0.1, 0.15) is 5.54 Å². The van der Waals surface area contributed by atoms with Crippen LogP contribution in [0.5, 0.6) is 0 Å². The molecular weight excluding hydrogens is 340 g/mol. The van der Waals surface area contributed by atoms with Crippen LogP contribution in [0.4, 0.5) is 4.79 Å². The second-order valence-corrected chi connectivity index (χ2v) is 8.30. The van der Waals surface area contributed by atoms with E-state index < -0.39 is 5.54 Å². The van der Waals surface area contributed by atoms with Crippen molar-refractivity contribution in [2.45, 2.75) is 43.7 Å². The van der Waals surface area contributed by atoms with Gasteiger partial charge in [0.25, 0.3) is 5.91 Å². The van der Waals surface area contributed by atoms with Gasteiger partial charge in [0.15, 0.2) is 0 Å². The minimum atomic E-state index is -0.802. The Kier molecular flexibility index (Phi) is 5.19. The van der Waals surface area contributed by atoms with Gasteiger partial charge in [0.2, 0.25) is 0 Å². The minimum absolute atomic E-state index is 0.00203. The fraction of sp³-hybridized carbons (Fsp3) is 0.619. The summed E-state index contributed by atoms with van der Waals surface area (Å²) in [6, 6.07) is 9.93. The zero-order valence-electron chi connectivity index (χ0n) is 16.1. The first-order chi connectivity index (χ1) is 13.1. The molecule has 6 heteroatoms. The third-order valence-electron chi connectivity index (χ3n) is 6.56. The highest BCUT2D eigenvalue weighted by Crippen LogP contribution is 2.37. The van der Waals surface area contributed by atoms with E-state index in [0.29, 0.717) is 6.42 Å². The van der Waals surface area contributed by atoms with Crippen molar-refractivity contribution in [3.05, 3.63) is 35.9 Å². The van der Waals surface area contributed by atoms with Crippen LogP contribution in [0.2, 0.25) is 0 Å². The number of urea groups is 1. The molecule has 3 aliphatic heterocycles. The number of nitrogens with one attached hydrogen (secondary N) is 2. The van der Waals surface area contributed by atoms with Crippen molar-refractivity contribution in [2.75, 3.05) is 33.2 Å². The summed E-state index contributed by atoms with van der Waals surface area (Å²) < 4.78 is 0. The summed E-state index contributed by atoms with van der Waals surface area (Å²) in [5.74, 6) is 0.171. The van der Waals surface area contributed by atoms with Crippen LogP contribution in [-0.4, -0.2) is 66.5 Å². The van der Waals surface area contributed by atoms with Gasteiger partial charge < -0.3 is 15.5 Å². The smallest absolute Gasteiger partial charge is 0.322 e. The van der Waals surface area contributed by atoms with Crippen LogP contribution >= 0.6 is 0 Å². The average Bonchev–Trinajstić information content (AvgIpc) is 2.95. The first-order valence-corrected chi connectivity index (χ1v) is 10.2. The Morgan fingerprint density at radius 2 is 1.70 bits per heavy atom. The van der Waals surface area contributed by atoms with E-state index in [1.165, 1.54) is 0 Å². The van der Waals surface area contributed by atoms with Crippen LogP contribution in [0, 0.1) is 5.92 Å². The largest absolute Gasteiger partial charge is 0.325 e. The summed E-state index contributed by atoms with van der Waals surface area (Å²) in [6.07, 6.45) is 4.14. The molecule has 0 saturated carbocycles. The maximum absolute atomic E-state index is 13.7.